The highest BCUT2D eigenvalue weighted by molar-refractivity contribution is 5.94. The largest absolute Gasteiger partial charge is 0.444 e. The number of nitrogens with one attached hydrogen (secondary N) is 1. The Morgan fingerprint density at radius 1 is 1.09 bits per heavy atom. The average molecular weight is 459 g/mol. The third kappa shape index (κ3) is 6.08. The molecule has 0 spiro atoms. The number of hydrogen-bond acceptors (Lipinski definition) is 4. The van der Waals surface area contributed by atoms with E-state index in [2.05, 4.69) is 39.1 Å². The van der Waals surface area contributed by atoms with Gasteiger partial charge in [-0.3, -0.25) is 4.79 Å². The Labute approximate surface area is 199 Å². The maximum Gasteiger partial charge on any atom is 0.410 e. The van der Waals surface area contributed by atoms with Crippen molar-refractivity contribution in [3.05, 3.63) is 34.9 Å². The summed E-state index contributed by atoms with van der Waals surface area (Å²) in [4.78, 5) is 26.8. The van der Waals surface area contributed by atoms with E-state index in [1.165, 1.54) is 11.1 Å². The van der Waals surface area contributed by atoms with Crippen molar-refractivity contribution >= 4 is 12.0 Å². The first kappa shape index (κ1) is 25.5. The molecule has 2 aliphatic rings. The first-order valence-corrected chi connectivity index (χ1v) is 12.3. The van der Waals surface area contributed by atoms with E-state index in [9.17, 15) is 14.7 Å². The number of carbonyl (C=O) groups is 2. The second-order valence-electron chi connectivity index (χ2n) is 12.1. The van der Waals surface area contributed by atoms with Crippen molar-refractivity contribution in [2.45, 2.75) is 96.7 Å². The number of aliphatic hydroxyl groups excluding tert-OH is 1. The van der Waals surface area contributed by atoms with Gasteiger partial charge in [0.15, 0.2) is 0 Å². The summed E-state index contributed by atoms with van der Waals surface area (Å²) in [6, 6.07) is 6.05. The van der Waals surface area contributed by atoms with E-state index in [0.717, 1.165) is 12.8 Å². The van der Waals surface area contributed by atoms with E-state index >= 15 is 0 Å². The highest BCUT2D eigenvalue weighted by Gasteiger charge is 2.37. The van der Waals surface area contributed by atoms with E-state index in [-0.39, 0.29) is 35.3 Å². The van der Waals surface area contributed by atoms with Crippen LogP contribution in [0.15, 0.2) is 18.2 Å². The molecular formula is C27H42N2O4. The molecule has 1 aliphatic carbocycles. The normalized spacial score (nSPS) is 21.2. The molecule has 2 N–H and O–H groups in total. The lowest BCUT2D eigenvalue weighted by molar-refractivity contribution is 0.00824. The second-order valence-corrected chi connectivity index (χ2v) is 12.1. The molecular weight excluding hydrogens is 416 g/mol. The van der Waals surface area contributed by atoms with Crippen LogP contribution in [0.25, 0.3) is 0 Å². The summed E-state index contributed by atoms with van der Waals surface area (Å²) >= 11 is 0. The van der Waals surface area contributed by atoms with Gasteiger partial charge in [0.05, 0.1) is 6.10 Å². The monoisotopic (exact) mass is 458 g/mol. The first-order valence-electron chi connectivity index (χ1n) is 12.3. The van der Waals surface area contributed by atoms with Gasteiger partial charge in [-0.2, -0.15) is 0 Å². The summed E-state index contributed by atoms with van der Waals surface area (Å²) in [6.07, 6.45) is 2.68. The number of nitrogens with zero attached hydrogens (tertiary/aromatic N) is 1. The van der Waals surface area contributed by atoms with E-state index in [1.54, 1.807) is 4.90 Å². The third-order valence-electron chi connectivity index (χ3n) is 7.32. The standard InChI is InChI=1S/C27H42N2O4/c1-25(2,3)33-24(32)29-14-10-18(11-15-29)22(30)17-28-23(31)19-8-9-20-21(16-19)27(6,7)13-12-26(20,4)5/h8-9,16,18,22,30H,10-15,17H2,1-7H3,(H,28,31). The molecule has 1 unspecified atom stereocenters. The highest BCUT2D eigenvalue weighted by Crippen LogP contribution is 2.45. The fourth-order valence-corrected chi connectivity index (χ4v) is 4.99. The van der Waals surface area contributed by atoms with Crippen molar-refractivity contribution in [1.29, 1.82) is 0 Å². The van der Waals surface area contributed by atoms with Crippen molar-refractivity contribution in [3.8, 4) is 0 Å². The molecule has 1 aromatic carbocycles. The fourth-order valence-electron chi connectivity index (χ4n) is 4.99. The molecule has 1 heterocycles. The lowest BCUT2D eigenvalue weighted by atomic mass is 9.63. The maximum atomic E-state index is 12.9. The van der Waals surface area contributed by atoms with Gasteiger partial charge in [0.25, 0.3) is 5.91 Å². The summed E-state index contributed by atoms with van der Waals surface area (Å²) < 4.78 is 5.44. The lowest BCUT2D eigenvalue weighted by Gasteiger charge is -2.42. The van der Waals surface area contributed by atoms with Crippen molar-refractivity contribution < 1.29 is 19.4 Å². The molecule has 6 heteroatoms. The molecule has 1 aliphatic heterocycles. The zero-order chi connectivity index (χ0) is 24.6. The van der Waals surface area contributed by atoms with Crippen molar-refractivity contribution in [2.24, 2.45) is 5.92 Å². The summed E-state index contributed by atoms with van der Waals surface area (Å²) in [5.74, 6) is -0.102. The fraction of sp³-hybridized carbons (Fsp3) is 0.704. The van der Waals surface area contributed by atoms with Crippen molar-refractivity contribution in [1.82, 2.24) is 10.2 Å². The summed E-state index contributed by atoms with van der Waals surface area (Å²) in [5, 5.41) is 13.6. The van der Waals surface area contributed by atoms with E-state index in [0.29, 0.717) is 31.5 Å². The number of hydrogen-bond donors (Lipinski definition) is 2. The van der Waals surface area contributed by atoms with Gasteiger partial charge in [-0.15, -0.1) is 0 Å². The van der Waals surface area contributed by atoms with Crippen LogP contribution in [0.3, 0.4) is 0 Å². The topological polar surface area (TPSA) is 78.9 Å². The number of benzene rings is 1. The molecule has 0 radical (unpaired) electrons. The predicted octanol–water partition coefficient (Wildman–Crippen LogP) is 4.77. The van der Waals surface area contributed by atoms with Gasteiger partial charge in [0, 0.05) is 25.2 Å². The Bertz CT molecular complexity index is 877. The zero-order valence-corrected chi connectivity index (χ0v) is 21.5. The second kappa shape index (κ2) is 9.28. The van der Waals surface area contributed by atoms with Crippen molar-refractivity contribution in [2.75, 3.05) is 19.6 Å². The molecule has 6 nitrogen and oxygen atoms in total. The molecule has 2 amide bonds. The number of piperidine rings is 1. The minimum atomic E-state index is -0.636. The number of rotatable bonds is 4. The third-order valence-corrected chi connectivity index (χ3v) is 7.32. The van der Waals surface area contributed by atoms with Crippen LogP contribution in [0.4, 0.5) is 4.79 Å². The van der Waals surface area contributed by atoms with Crippen LogP contribution in [0, 0.1) is 5.92 Å². The van der Waals surface area contributed by atoms with Crippen LogP contribution in [0.2, 0.25) is 0 Å². The van der Waals surface area contributed by atoms with Crippen LogP contribution < -0.4 is 5.32 Å². The Balaban J connectivity index is 1.55. The van der Waals surface area contributed by atoms with E-state index < -0.39 is 11.7 Å². The summed E-state index contributed by atoms with van der Waals surface area (Å²) in [6.45, 7) is 15.9. The highest BCUT2D eigenvalue weighted by atomic mass is 16.6. The van der Waals surface area contributed by atoms with Gasteiger partial charge in [0.2, 0.25) is 0 Å². The average Bonchev–Trinajstić information content (AvgIpc) is 2.73. The van der Waals surface area contributed by atoms with Gasteiger partial charge in [-0.05, 0) is 86.5 Å². The van der Waals surface area contributed by atoms with Crippen molar-refractivity contribution in [3.63, 3.8) is 0 Å². The Hall–Kier alpha value is -2.08. The number of likely N-dealkylation sites (tertiary alicyclic amines) is 1. The zero-order valence-electron chi connectivity index (χ0n) is 21.5. The molecule has 0 saturated carbocycles. The smallest absolute Gasteiger partial charge is 0.410 e. The Morgan fingerprint density at radius 2 is 1.67 bits per heavy atom. The molecule has 184 valence electrons. The molecule has 1 fully saturated rings. The molecule has 0 bridgehead atoms. The number of amides is 2. The van der Waals surface area contributed by atoms with Crippen LogP contribution >= 0.6 is 0 Å². The summed E-state index contributed by atoms with van der Waals surface area (Å²) in [7, 11) is 0. The maximum absolute atomic E-state index is 12.9. The number of fused-ring (bicyclic) bond motifs is 1. The Kier molecular flexibility index (Phi) is 7.18. The number of ether oxygens (including phenoxy) is 1. The molecule has 33 heavy (non-hydrogen) atoms. The van der Waals surface area contributed by atoms with Gasteiger partial charge < -0.3 is 20.1 Å². The van der Waals surface area contributed by atoms with Crippen LogP contribution in [0.1, 0.15) is 95.6 Å². The molecule has 1 atom stereocenters. The Morgan fingerprint density at radius 3 is 2.24 bits per heavy atom. The predicted molar refractivity (Wildman–Crippen MR) is 131 cm³/mol. The minimum absolute atomic E-state index is 0.0444. The first-order chi connectivity index (χ1) is 15.2. The SMILES string of the molecule is CC(C)(C)OC(=O)N1CCC(C(O)CNC(=O)c2ccc3c(c2)C(C)(C)CCC3(C)C)CC1. The molecule has 0 aromatic heterocycles. The molecule has 1 aromatic rings. The van der Waals surface area contributed by atoms with Gasteiger partial charge in [-0.25, -0.2) is 4.79 Å². The summed E-state index contributed by atoms with van der Waals surface area (Å²) in [5.41, 5.74) is 2.87. The van der Waals surface area contributed by atoms with Gasteiger partial charge >= 0.3 is 6.09 Å². The number of aliphatic hydroxyl groups is 1. The number of carbonyl (C=O) groups excluding carboxylic acids is 2. The molecule has 3 rings (SSSR count). The van der Waals surface area contributed by atoms with Crippen LogP contribution in [-0.2, 0) is 15.6 Å². The van der Waals surface area contributed by atoms with E-state index in [4.69, 9.17) is 4.74 Å². The molecule has 1 saturated heterocycles. The quantitative estimate of drug-likeness (QED) is 0.681. The van der Waals surface area contributed by atoms with Gasteiger partial charge in [0.1, 0.15) is 5.60 Å². The van der Waals surface area contributed by atoms with Crippen LogP contribution in [-0.4, -0.2) is 53.3 Å². The van der Waals surface area contributed by atoms with Crippen LogP contribution in [0.5, 0.6) is 0 Å². The van der Waals surface area contributed by atoms with Gasteiger partial charge in [-0.1, -0.05) is 33.8 Å². The lowest BCUT2D eigenvalue weighted by Crippen LogP contribution is -2.45. The van der Waals surface area contributed by atoms with E-state index in [1.807, 2.05) is 32.9 Å². The minimum Gasteiger partial charge on any atom is -0.444 e.